The fourth-order valence-corrected chi connectivity index (χ4v) is 0.597. The highest BCUT2D eigenvalue weighted by molar-refractivity contribution is 14.1. The van der Waals surface area contributed by atoms with E-state index in [-0.39, 0.29) is 3.79 Å². The monoisotopic (exact) mass is 224 g/mol. The van der Waals surface area contributed by atoms with Crippen molar-refractivity contribution in [3.05, 3.63) is 12.2 Å². The molecule has 0 aliphatic carbocycles. The van der Waals surface area contributed by atoms with E-state index in [0.717, 1.165) is 6.42 Å². The summed E-state index contributed by atoms with van der Waals surface area (Å²) < 4.78 is 0.201. The Labute approximate surface area is 63.3 Å². The summed E-state index contributed by atoms with van der Waals surface area (Å²) in [5, 5.41) is 0. The van der Waals surface area contributed by atoms with Crippen LogP contribution in [0.1, 0.15) is 19.8 Å². The second kappa shape index (κ2) is 5.28. The molecular formula is C6H9IO. The largest absolute Gasteiger partial charge is 0.287 e. The Morgan fingerprint density at radius 3 is 2.62 bits per heavy atom. The first-order valence-corrected chi connectivity index (χ1v) is 3.68. The SMILES string of the molecule is CCC=CCC(=O)I. The number of hydrogen-bond acceptors (Lipinski definition) is 1. The molecule has 0 radical (unpaired) electrons. The van der Waals surface area contributed by atoms with Gasteiger partial charge in [-0.2, -0.15) is 0 Å². The van der Waals surface area contributed by atoms with Gasteiger partial charge in [-0.05, 0) is 29.0 Å². The predicted octanol–water partition coefficient (Wildman–Crippen LogP) is 2.30. The summed E-state index contributed by atoms with van der Waals surface area (Å²) in [4.78, 5) is 10.3. The number of hydrogen-bond donors (Lipinski definition) is 0. The Bertz CT molecular complexity index is 96.7. The van der Waals surface area contributed by atoms with Crippen LogP contribution in [-0.2, 0) is 4.79 Å². The molecule has 0 unspecified atom stereocenters. The molecule has 0 aromatic carbocycles. The van der Waals surface area contributed by atoms with E-state index in [1.54, 1.807) is 22.6 Å². The third-order valence-corrected chi connectivity index (χ3v) is 1.12. The number of rotatable bonds is 3. The average molecular weight is 224 g/mol. The third-order valence-electron chi connectivity index (χ3n) is 0.681. The predicted molar refractivity (Wildman–Crippen MR) is 43.1 cm³/mol. The zero-order valence-corrected chi connectivity index (χ0v) is 7.01. The van der Waals surface area contributed by atoms with Crippen LogP contribution < -0.4 is 0 Å². The van der Waals surface area contributed by atoms with E-state index < -0.39 is 0 Å². The van der Waals surface area contributed by atoms with Crippen LogP contribution in [0.2, 0.25) is 0 Å². The fourth-order valence-electron chi connectivity index (χ4n) is 0.343. The maximum Gasteiger partial charge on any atom is 0.196 e. The van der Waals surface area contributed by atoms with E-state index in [0.29, 0.717) is 6.42 Å². The molecule has 0 rings (SSSR count). The van der Waals surface area contributed by atoms with E-state index in [1.165, 1.54) is 0 Å². The summed E-state index contributed by atoms with van der Waals surface area (Å²) in [5.41, 5.74) is 0. The molecule has 0 aromatic heterocycles. The zero-order valence-electron chi connectivity index (χ0n) is 4.86. The minimum absolute atomic E-state index is 0.201. The zero-order chi connectivity index (χ0) is 6.41. The van der Waals surface area contributed by atoms with Crippen LogP contribution >= 0.6 is 22.6 Å². The number of carbonyl (C=O) groups excluding carboxylic acids is 1. The first-order chi connectivity index (χ1) is 3.77. The average Bonchev–Trinajstić information content (AvgIpc) is 1.66. The Morgan fingerprint density at radius 1 is 1.62 bits per heavy atom. The molecule has 0 spiro atoms. The fraction of sp³-hybridized carbons (Fsp3) is 0.500. The lowest BCUT2D eigenvalue weighted by Gasteiger charge is -1.78. The molecule has 8 heavy (non-hydrogen) atoms. The maximum atomic E-state index is 10.3. The standard InChI is InChI=1S/C6H9IO/c1-2-3-4-5-6(7)8/h3-4H,2,5H2,1H3. The lowest BCUT2D eigenvalue weighted by molar-refractivity contribution is -0.108. The van der Waals surface area contributed by atoms with Gasteiger partial charge in [0.15, 0.2) is 3.79 Å². The molecule has 0 fully saturated rings. The van der Waals surface area contributed by atoms with Gasteiger partial charge in [-0.1, -0.05) is 19.1 Å². The lowest BCUT2D eigenvalue weighted by atomic mass is 10.3. The van der Waals surface area contributed by atoms with Crippen molar-refractivity contribution in [2.45, 2.75) is 19.8 Å². The van der Waals surface area contributed by atoms with Crippen LogP contribution in [0.15, 0.2) is 12.2 Å². The van der Waals surface area contributed by atoms with Gasteiger partial charge in [-0.15, -0.1) is 0 Å². The highest BCUT2D eigenvalue weighted by atomic mass is 127. The van der Waals surface area contributed by atoms with Gasteiger partial charge in [0.05, 0.1) is 0 Å². The van der Waals surface area contributed by atoms with E-state index in [1.807, 2.05) is 19.1 Å². The van der Waals surface area contributed by atoms with Crippen LogP contribution in [0, 0.1) is 0 Å². The Hall–Kier alpha value is 0.140. The van der Waals surface area contributed by atoms with Crippen molar-refractivity contribution in [1.82, 2.24) is 0 Å². The normalized spacial score (nSPS) is 10.2. The van der Waals surface area contributed by atoms with Gasteiger partial charge in [0.2, 0.25) is 0 Å². The van der Waals surface area contributed by atoms with Crippen LogP contribution in [0.5, 0.6) is 0 Å². The van der Waals surface area contributed by atoms with E-state index >= 15 is 0 Å². The summed E-state index contributed by atoms with van der Waals surface area (Å²) >= 11 is 1.79. The van der Waals surface area contributed by atoms with Gasteiger partial charge in [0.1, 0.15) is 0 Å². The molecule has 0 bridgehead atoms. The van der Waals surface area contributed by atoms with Crippen molar-refractivity contribution >= 4 is 26.4 Å². The topological polar surface area (TPSA) is 17.1 Å². The van der Waals surface area contributed by atoms with Gasteiger partial charge in [-0.3, -0.25) is 4.79 Å². The Kier molecular flexibility index (Phi) is 5.37. The molecule has 0 saturated carbocycles. The molecule has 0 aliphatic heterocycles. The minimum Gasteiger partial charge on any atom is -0.287 e. The van der Waals surface area contributed by atoms with Crippen LogP contribution in [0.3, 0.4) is 0 Å². The molecule has 0 atom stereocenters. The van der Waals surface area contributed by atoms with Crippen molar-refractivity contribution in [2.24, 2.45) is 0 Å². The van der Waals surface area contributed by atoms with Gasteiger partial charge < -0.3 is 0 Å². The number of halogens is 1. The van der Waals surface area contributed by atoms with Crippen molar-refractivity contribution in [3.8, 4) is 0 Å². The molecule has 0 N–H and O–H groups in total. The van der Waals surface area contributed by atoms with Crippen LogP contribution in [0.4, 0.5) is 0 Å². The molecule has 0 saturated heterocycles. The van der Waals surface area contributed by atoms with Crippen LogP contribution in [-0.4, -0.2) is 3.79 Å². The first-order valence-electron chi connectivity index (χ1n) is 2.60. The second-order valence-corrected chi connectivity index (χ2v) is 2.64. The van der Waals surface area contributed by atoms with Gasteiger partial charge in [0, 0.05) is 6.42 Å². The Morgan fingerprint density at radius 2 is 2.25 bits per heavy atom. The maximum absolute atomic E-state index is 10.3. The van der Waals surface area contributed by atoms with Gasteiger partial charge in [-0.25, -0.2) is 0 Å². The first kappa shape index (κ1) is 8.14. The van der Waals surface area contributed by atoms with Gasteiger partial charge in [0.25, 0.3) is 0 Å². The van der Waals surface area contributed by atoms with Crippen molar-refractivity contribution < 1.29 is 4.79 Å². The summed E-state index contributed by atoms with van der Waals surface area (Å²) in [6.45, 7) is 2.05. The molecule has 1 nitrogen and oxygen atoms in total. The van der Waals surface area contributed by atoms with Gasteiger partial charge >= 0.3 is 0 Å². The smallest absolute Gasteiger partial charge is 0.196 e. The quantitative estimate of drug-likeness (QED) is 0.408. The number of allylic oxidation sites excluding steroid dienone is 2. The molecule has 2 heteroatoms. The van der Waals surface area contributed by atoms with E-state index in [2.05, 4.69) is 0 Å². The summed E-state index contributed by atoms with van der Waals surface area (Å²) in [5.74, 6) is 0. The molecule has 0 heterocycles. The van der Waals surface area contributed by atoms with Crippen molar-refractivity contribution in [2.75, 3.05) is 0 Å². The highest BCUT2D eigenvalue weighted by Gasteiger charge is 1.85. The molecular weight excluding hydrogens is 215 g/mol. The molecule has 46 valence electrons. The summed E-state index contributed by atoms with van der Waals surface area (Å²) in [6, 6.07) is 0. The van der Waals surface area contributed by atoms with Crippen molar-refractivity contribution in [1.29, 1.82) is 0 Å². The van der Waals surface area contributed by atoms with E-state index in [4.69, 9.17) is 0 Å². The molecule has 0 aliphatic rings. The second-order valence-electron chi connectivity index (χ2n) is 1.44. The Balaban J connectivity index is 3.16. The molecule has 0 aromatic rings. The summed E-state index contributed by atoms with van der Waals surface area (Å²) in [6.07, 6.45) is 5.49. The summed E-state index contributed by atoms with van der Waals surface area (Å²) in [7, 11) is 0. The third kappa shape index (κ3) is 6.14. The minimum atomic E-state index is 0.201. The van der Waals surface area contributed by atoms with E-state index in [9.17, 15) is 4.79 Å². The lowest BCUT2D eigenvalue weighted by Crippen LogP contribution is -1.77. The van der Waals surface area contributed by atoms with Crippen molar-refractivity contribution in [3.63, 3.8) is 0 Å². The number of carbonyl (C=O) groups is 1. The van der Waals surface area contributed by atoms with Crippen LogP contribution in [0.25, 0.3) is 0 Å². The highest BCUT2D eigenvalue weighted by Crippen LogP contribution is 1.93. The molecule has 0 amide bonds.